The zero-order valence-corrected chi connectivity index (χ0v) is 10.4. The third kappa shape index (κ3) is 1.45. The average molecular weight is 203 g/mol. The number of aryl methyl sites for hydroxylation is 2. The van der Waals surface area contributed by atoms with Crippen LogP contribution in [-0.4, -0.2) is 6.54 Å². The van der Waals surface area contributed by atoms with Gasteiger partial charge in [0, 0.05) is 17.6 Å². The zero-order chi connectivity index (χ0) is 11.2. The van der Waals surface area contributed by atoms with E-state index in [0.29, 0.717) is 11.3 Å². The molecule has 1 heterocycles. The molecular weight excluding hydrogens is 182 g/mol. The van der Waals surface area contributed by atoms with E-state index in [9.17, 15) is 0 Å². The second-order valence-electron chi connectivity index (χ2n) is 5.43. The maximum Gasteiger partial charge on any atom is 0.0409 e. The summed E-state index contributed by atoms with van der Waals surface area (Å²) < 4.78 is 0. The predicted octanol–water partition coefficient (Wildman–Crippen LogP) is 3.64. The van der Waals surface area contributed by atoms with E-state index in [-0.39, 0.29) is 0 Å². The Labute approximate surface area is 92.9 Å². The van der Waals surface area contributed by atoms with Gasteiger partial charge in [0.2, 0.25) is 0 Å². The van der Waals surface area contributed by atoms with Gasteiger partial charge in [-0.15, -0.1) is 0 Å². The molecule has 0 saturated heterocycles. The molecule has 0 aromatic heterocycles. The van der Waals surface area contributed by atoms with Crippen molar-refractivity contribution < 1.29 is 0 Å². The van der Waals surface area contributed by atoms with Crippen molar-refractivity contribution in [3.63, 3.8) is 0 Å². The van der Waals surface area contributed by atoms with Crippen LogP contribution in [0.2, 0.25) is 0 Å². The number of hydrogen-bond donors (Lipinski definition) is 1. The molecule has 15 heavy (non-hydrogen) atoms. The zero-order valence-electron chi connectivity index (χ0n) is 10.4. The number of anilines is 1. The molecule has 1 atom stereocenters. The first-order chi connectivity index (χ1) is 6.95. The van der Waals surface area contributed by atoms with E-state index >= 15 is 0 Å². The van der Waals surface area contributed by atoms with Gasteiger partial charge in [0.05, 0.1) is 0 Å². The van der Waals surface area contributed by atoms with Crippen LogP contribution in [0.3, 0.4) is 0 Å². The van der Waals surface area contributed by atoms with Gasteiger partial charge in [-0.25, -0.2) is 0 Å². The van der Waals surface area contributed by atoms with E-state index < -0.39 is 0 Å². The smallest absolute Gasteiger partial charge is 0.0409 e. The van der Waals surface area contributed by atoms with E-state index in [1.54, 1.807) is 0 Å². The van der Waals surface area contributed by atoms with E-state index in [1.807, 2.05) is 0 Å². The van der Waals surface area contributed by atoms with Crippen LogP contribution in [0, 0.1) is 19.8 Å². The lowest BCUT2D eigenvalue weighted by atomic mass is 9.74. The van der Waals surface area contributed by atoms with Crippen LogP contribution in [0.5, 0.6) is 0 Å². The Bertz CT molecular complexity index is 393. The summed E-state index contributed by atoms with van der Waals surface area (Å²) in [5, 5.41) is 3.57. The lowest BCUT2D eigenvalue weighted by Gasteiger charge is -2.29. The average Bonchev–Trinajstić information content (AvgIpc) is 2.46. The summed E-state index contributed by atoms with van der Waals surface area (Å²) in [5.74, 6) is 0.674. The maximum atomic E-state index is 3.57. The van der Waals surface area contributed by atoms with Crippen LogP contribution in [0.4, 0.5) is 5.69 Å². The summed E-state index contributed by atoms with van der Waals surface area (Å²) in [4.78, 5) is 0. The van der Waals surface area contributed by atoms with Crippen molar-refractivity contribution in [3.05, 3.63) is 28.8 Å². The Balaban J connectivity index is 2.60. The Hall–Kier alpha value is -0.980. The van der Waals surface area contributed by atoms with Gasteiger partial charge in [-0.2, -0.15) is 0 Å². The van der Waals surface area contributed by atoms with Crippen LogP contribution in [0.1, 0.15) is 37.5 Å². The second-order valence-corrected chi connectivity index (χ2v) is 5.43. The van der Waals surface area contributed by atoms with Crippen LogP contribution < -0.4 is 5.32 Å². The van der Waals surface area contributed by atoms with Crippen LogP contribution in [-0.2, 0) is 5.41 Å². The molecule has 0 radical (unpaired) electrons. The molecule has 0 amide bonds. The van der Waals surface area contributed by atoms with E-state index in [0.717, 1.165) is 6.54 Å². The molecule has 0 fully saturated rings. The molecule has 1 unspecified atom stereocenters. The first kappa shape index (κ1) is 10.5. The monoisotopic (exact) mass is 203 g/mol. The summed E-state index contributed by atoms with van der Waals surface area (Å²) in [6.45, 7) is 12.5. The number of rotatable bonds is 1. The fourth-order valence-corrected chi connectivity index (χ4v) is 2.54. The molecule has 1 aromatic rings. The molecular formula is C14H21N. The lowest BCUT2D eigenvalue weighted by molar-refractivity contribution is 0.371. The third-order valence-electron chi connectivity index (χ3n) is 4.00. The first-order valence-electron chi connectivity index (χ1n) is 5.81. The molecule has 0 saturated carbocycles. The quantitative estimate of drug-likeness (QED) is 0.734. The van der Waals surface area contributed by atoms with Crippen molar-refractivity contribution in [1.82, 2.24) is 0 Å². The maximum absolute atomic E-state index is 3.57. The highest BCUT2D eigenvalue weighted by molar-refractivity contribution is 5.65. The standard InChI is InChI=1S/C14H21N/c1-9(2)14(5)8-15-13-11(4)6-10(3)7-12(13)14/h6-7,9,15H,8H2,1-5H3. The largest absolute Gasteiger partial charge is 0.384 e. The molecule has 1 nitrogen and oxygen atoms in total. The van der Waals surface area contributed by atoms with Gasteiger partial charge in [0.15, 0.2) is 0 Å². The SMILES string of the molecule is Cc1cc(C)c2c(c1)C(C)(C(C)C)CN2. The molecule has 0 aliphatic carbocycles. The number of fused-ring (bicyclic) bond motifs is 1. The van der Waals surface area contributed by atoms with Crippen molar-refractivity contribution in [1.29, 1.82) is 0 Å². The molecule has 0 spiro atoms. The molecule has 1 heteroatoms. The van der Waals surface area contributed by atoms with Crippen molar-refractivity contribution in [2.24, 2.45) is 5.92 Å². The van der Waals surface area contributed by atoms with Gasteiger partial charge >= 0.3 is 0 Å². The number of benzene rings is 1. The highest BCUT2D eigenvalue weighted by Crippen LogP contribution is 2.43. The number of hydrogen-bond acceptors (Lipinski definition) is 1. The second kappa shape index (κ2) is 3.26. The molecule has 82 valence electrons. The van der Waals surface area contributed by atoms with Gasteiger partial charge in [0.1, 0.15) is 0 Å². The normalized spacial score (nSPS) is 24.1. The molecule has 1 N–H and O–H groups in total. The van der Waals surface area contributed by atoms with E-state index in [2.05, 4.69) is 52.1 Å². The van der Waals surface area contributed by atoms with Gasteiger partial charge in [-0.1, -0.05) is 38.5 Å². The lowest BCUT2D eigenvalue weighted by Crippen LogP contribution is -2.30. The highest BCUT2D eigenvalue weighted by Gasteiger charge is 2.37. The molecule has 2 rings (SSSR count). The number of nitrogens with one attached hydrogen (secondary N) is 1. The van der Waals surface area contributed by atoms with Crippen molar-refractivity contribution >= 4 is 5.69 Å². The fourth-order valence-electron chi connectivity index (χ4n) is 2.54. The topological polar surface area (TPSA) is 12.0 Å². The third-order valence-corrected chi connectivity index (χ3v) is 4.00. The Kier molecular flexibility index (Phi) is 2.29. The van der Waals surface area contributed by atoms with Gasteiger partial charge in [-0.3, -0.25) is 0 Å². The van der Waals surface area contributed by atoms with E-state index in [4.69, 9.17) is 0 Å². The minimum atomic E-state index is 0.298. The highest BCUT2D eigenvalue weighted by atomic mass is 14.9. The Morgan fingerprint density at radius 1 is 1.27 bits per heavy atom. The van der Waals surface area contributed by atoms with Gasteiger partial charge in [-0.05, 0) is 30.9 Å². The summed E-state index contributed by atoms with van der Waals surface area (Å²) in [7, 11) is 0. The van der Waals surface area contributed by atoms with E-state index in [1.165, 1.54) is 22.4 Å². The molecule has 1 aromatic carbocycles. The molecule has 0 bridgehead atoms. The Morgan fingerprint density at radius 2 is 1.93 bits per heavy atom. The minimum Gasteiger partial charge on any atom is -0.384 e. The van der Waals surface area contributed by atoms with Gasteiger partial charge in [0.25, 0.3) is 0 Å². The summed E-state index contributed by atoms with van der Waals surface area (Å²) in [5.41, 5.74) is 5.94. The van der Waals surface area contributed by atoms with Crippen LogP contribution >= 0.6 is 0 Å². The Morgan fingerprint density at radius 3 is 2.53 bits per heavy atom. The van der Waals surface area contributed by atoms with Crippen molar-refractivity contribution in [2.75, 3.05) is 11.9 Å². The molecule has 1 aliphatic rings. The fraction of sp³-hybridized carbons (Fsp3) is 0.571. The van der Waals surface area contributed by atoms with Crippen molar-refractivity contribution in [2.45, 2.75) is 40.0 Å². The summed E-state index contributed by atoms with van der Waals surface area (Å²) >= 11 is 0. The van der Waals surface area contributed by atoms with Crippen molar-refractivity contribution in [3.8, 4) is 0 Å². The summed E-state index contributed by atoms with van der Waals surface area (Å²) in [6, 6.07) is 4.61. The summed E-state index contributed by atoms with van der Waals surface area (Å²) in [6.07, 6.45) is 0. The minimum absolute atomic E-state index is 0.298. The van der Waals surface area contributed by atoms with Crippen LogP contribution in [0.15, 0.2) is 12.1 Å². The van der Waals surface area contributed by atoms with Crippen LogP contribution in [0.25, 0.3) is 0 Å². The first-order valence-corrected chi connectivity index (χ1v) is 5.81. The molecule has 1 aliphatic heterocycles. The van der Waals surface area contributed by atoms with Gasteiger partial charge < -0.3 is 5.32 Å². The predicted molar refractivity (Wildman–Crippen MR) is 66.6 cm³/mol.